The van der Waals surface area contributed by atoms with Crippen LogP contribution in [-0.4, -0.2) is 27.8 Å². The predicted octanol–water partition coefficient (Wildman–Crippen LogP) is 3.07. The summed E-state index contributed by atoms with van der Waals surface area (Å²) in [4.78, 5) is 2.33. The van der Waals surface area contributed by atoms with Gasteiger partial charge in [0.05, 0.1) is 15.9 Å². The molecule has 0 spiro atoms. The van der Waals surface area contributed by atoms with E-state index in [0.717, 1.165) is 25.2 Å². The zero-order valence-corrected chi connectivity index (χ0v) is 12.5. The molecule has 0 N–H and O–H groups in total. The van der Waals surface area contributed by atoms with Crippen LogP contribution in [0.2, 0.25) is 0 Å². The molecule has 0 unspecified atom stereocenters. The van der Waals surface area contributed by atoms with Gasteiger partial charge in [0, 0.05) is 19.1 Å². The Morgan fingerprint density at radius 3 is 2.44 bits per heavy atom. The standard InChI is InChI=1S/C12H22BrN3/c1-6-10-12(13)11(16(7-2)14-10)8-15(5)9(3)4/h9H,6-8H2,1-5H3. The van der Waals surface area contributed by atoms with Gasteiger partial charge in [-0.15, -0.1) is 0 Å². The topological polar surface area (TPSA) is 21.1 Å². The third kappa shape index (κ3) is 2.86. The van der Waals surface area contributed by atoms with Crippen LogP contribution < -0.4 is 0 Å². The predicted molar refractivity (Wildman–Crippen MR) is 71.6 cm³/mol. The minimum Gasteiger partial charge on any atom is -0.298 e. The van der Waals surface area contributed by atoms with Gasteiger partial charge in [0.25, 0.3) is 0 Å². The van der Waals surface area contributed by atoms with Crippen LogP contribution in [0, 0.1) is 0 Å². The van der Waals surface area contributed by atoms with E-state index in [1.165, 1.54) is 10.2 Å². The number of halogens is 1. The molecule has 0 saturated carbocycles. The summed E-state index contributed by atoms with van der Waals surface area (Å²) in [5, 5.41) is 4.60. The Labute approximate surface area is 107 Å². The van der Waals surface area contributed by atoms with Crippen LogP contribution in [0.5, 0.6) is 0 Å². The molecule has 1 heterocycles. The summed E-state index contributed by atoms with van der Waals surface area (Å²) in [6, 6.07) is 0.553. The Morgan fingerprint density at radius 2 is 2.00 bits per heavy atom. The van der Waals surface area contributed by atoms with Crippen molar-refractivity contribution in [2.75, 3.05) is 7.05 Å². The molecular weight excluding hydrogens is 266 g/mol. The Kier molecular flexibility index (Phi) is 4.99. The summed E-state index contributed by atoms with van der Waals surface area (Å²) in [7, 11) is 2.15. The van der Waals surface area contributed by atoms with Gasteiger partial charge in [0.2, 0.25) is 0 Å². The van der Waals surface area contributed by atoms with Gasteiger partial charge >= 0.3 is 0 Å². The highest BCUT2D eigenvalue weighted by atomic mass is 79.9. The van der Waals surface area contributed by atoms with E-state index in [1.54, 1.807) is 0 Å². The van der Waals surface area contributed by atoms with Gasteiger partial charge in [-0.25, -0.2) is 0 Å². The van der Waals surface area contributed by atoms with Gasteiger partial charge in [-0.3, -0.25) is 9.58 Å². The molecule has 0 aromatic carbocycles. The number of hydrogen-bond acceptors (Lipinski definition) is 2. The van der Waals surface area contributed by atoms with Crippen molar-refractivity contribution < 1.29 is 0 Å². The maximum atomic E-state index is 4.60. The molecule has 0 aliphatic carbocycles. The van der Waals surface area contributed by atoms with Crippen molar-refractivity contribution in [1.29, 1.82) is 0 Å². The van der Waals surface area contributed by atoms with Crippen LogP contribution >= 0.6 is 15.9 Å². The van der Waals surface area contributed by atoms with E-state index in [1.807, 2.05) is 0 Å². The fraction of sp³-hybridized carbons (Fsp3) is 0.750. The molecule has 1 aromatic rings. The van der Waals surface area contributed by atoms with Crippen LogP contribution in [0.4, 0.5) is 0 Å². The van der Waals surface area contributed by atoms with Crippen LogP contribution in [0.3, 0.4) is 0 Å². The van der Waals surface area contributed by atoms with Gasteiger partial charge in [0.15, 0.2) is 0 Å². The van der Waals surface area contributed by atoms with Gasteiger partial charge in [-0.1, -0.05) is 6.92 Å². The fourth-order valence-corrected chi connectivity index (χ4v) is 2.28. The third-order valence-electron chi connectivity index (χ3n) is 2.97. The van der Waals surface area contributed by atoms with E-state index in [9.17, 15) is 0 Å². The summed E-state index contributed by atoms with van der Waals surface area (Å²) in [5.74, 6) is 0. The highest BCUT2D eigenvalue weighted by Gasteiger charge is 2.16. The lowest BCUT2D eigenvalue weighted by molar-refractivity contribution is 0.257. The molecule has 92 valence electrons. The van der Waals surface area contributed by atoms with E-state index in [2.05, 4.69) is 65.4 Å². The lowest BCUT2D eigenvalue weighted by Crippen LogP contribution is -2.27. The second kappa shape index (κ2) is 5.82. The van der Waals surface area contributed by atoms with Crippen LogP contribution in [-0.2, 0) is 19.5 Å². The summed E-state index contributed by atoms with van der Waals surface area (Å²) in [5.41, 5.74) is 2.45. The van der Waals surface area contributed by atoms with Crippen molar-refractivity contribution in [3.63, 3.8) is 0 Å². The molecule has 0 bridgehead atoms. The molecular formula is C12H22BrN3. The molecule has 0 saturated heterocycles. The molecule has 0 fully saturated rings. The maximum Gasteiger partial charge on any atom is 0.0767 e. The maximum absolute atomic E-state index is 4.60. The zero-order chi connectivity index (χ0) is 12.3. The molecule has 16 heavy (non-hydrogen) atoms. The average Bonchev–Trinajstić information content (AvgIpc) is 2.55. The molecule has 1 aromatic heterocycles. The van der Waals surface area contributed by atoms with E-state index >= 15 is 0 Å². The molecule has 4 heteroatoms. The van der Waals surface area contributed by atoms with Crippen LogP contribution in [0.25, 0.3) is 0 Å². The first-order valence-corrected chi connectivity index (χ1v) is 6.74. The van der Waals surface area contributed by atoms with Crippen molar-refractivity contribution in [1.82, 2.24) is 14.7 Å². The van der Waals surface area contributed by atoms with E-state index in [4.69, 9.17) is 0 Å². The van der Waals surface area contributed by atoms with Gasteiger partial charge in [-0.2, -0.15) is 5.10 Å². The SMILES string of the molecule is CCc1nn(CC)c(CN(C)C(C)C)c1Br. The lowest BCUT2D eigenvalue weighted by Gasteiger charge is -2.21. The van der Waals surface area contributed by atoms with Crippen molar-refractivity contribution in [2.45, 2.75) is 53.2 Å². The zero-order valence-electron chi connectivity index (χ0n) is 10.9. The Bertz CT molecular complexity index is 344. The smallest absolute Gasteiger partial charge is 0.0767 e. The van der Waals surface area contributed by atoms with Gasteiger partial charge < -0.3 is 0 Å². The first kappa shape index (κ1) is 13.7. The van der Waals surface area contributed by atoms with E-state index in [0.29, 0.717) is 6.04 Å². The Morgan fingerprint density at radius 1 is 1.38 bits per heavy atom. The van der Waals surface area contributed by atoms with Gasteiger partial charge in [-0.05, 0) is 50.2 Å². The van der Waals surface area contributed by atoms with E-state index < -0.39 is 0 Å². The molecule has 0 aliphatic heterocycles. The summed E-state index contributed by atoms with van der Waals surface area (Å²) < 4.78 is 3.28. The first-order chi connectivity index (χ1) is 7.51. The minimum absolute atomic E-state index is 0.553. The first-order valence-electron chi connectivity index (χ1n) is 5.95. The van der Waals surface area contributed by atoms with Crippen molar-refractivity contribution in [3.8, 4) is 0 Å². The monoisotopic (exact) mass is 287 g/mol. The summed E-state index contributed by atoms with van der Waals surface area (Å²) >= 11 is 3.67. The third-order valence-corrected chi connectivity index (χ3v) is 3.89. The molecule has 1 rings (SSSR count). The number of nitrogens with zero attached hydrogens (tertiary/aromatic N) is 3. The normalized spacial score (nSPS) is 11.8. The minimum atomic E-state index is 0.553. The second-order valence-electron chi connectivity index (χ2n) is 4.39. The largest absolute Gasteiger partial charge is 0.298 e. The molecule has 0 radical (unpaired) electrons. The van der Waals surface area contributed by atoms with Gasteiger partial charge in [0.1, 0.15) is 0 Å². The summed E-state index contributed by atoms with van der Waals surface area (Å²) in [6.45, 7) is 10.6. The van der Waals surface area contributed by atoms with Crippen LogP contribution in [0.1, 0.15) is 39.1 Å². The number of rotatable bonds is 5. The average molecular weight is 288 g/mol. The number of aromatic nitrogens is 2. The highest BCUT2D eigenvalue weighted by Crippen LogP contribution is 2.23. The number of aryl methyl sites for hydroxylation is 2. The molecule has 0 atom stereocenters. The highest BCUT2D eigenvalue weighted by molar-refractivity contribution is 9.10. The fourth-order valence-electron chi connectivity index (χ4n) is 1.59. The molecule has 0 amide bonds. The Hall–Kier alpha value is -0.350. The summed E-state index contributed by atoms with van der Waals surface area (Å²) in [6.07, 6.45) is 0.978. The lowest BCUT2D eigenvalue weighted by atomic mass is 10.2. The number of hydrogen-bond donors (Lipinski definition) is 0. The molecule has 0 aliphatic rings. The Balaban J connectivity index is 2.97. The second-order valence-corrected chi connectivity index (χ2v) is 5.18. The van der Waals surface area contributed by atoms with Crippen LogP contribution in [0.15, 0.2) is 4.47 Å². The quantitative estimate of drug-likeness (QED) is 0.830. The van der Waals surface area contributed by atoms with Crippen molar-refractivity contribution >= 4 is 15.9 Å². The van der Waals surface area contributed by atoms with Crippen molar-refractivity contribution in [2.24, 2.45) is 0 Å². The molecule has 3 nitrogen and oxygen atoms in total. The van der Waals surface area contributed by atoms with Crippen molar-refractivity contribution in [3.05, 3.63) is 15.9 Å². The van der Waals surface area contributed by atoms with E-state index in [-0.39, 0.29) is 0 Å².